The molecule has 0 radical (unpaired) electrons. The molecule has 1 saturated carbocycles. The molecule has 3 rings (SSSR count). The molecule has 3 nitrogen and oxygen atoms in total. The highest BCUT2D eigenvalue weighted by Crippen LogP contribution is 2.33. The number of benzene rings is 1. The van der Waals surface area contributed by atoms with Gasteiger partial charge in [0, 0.05) is 19.2 Å². The summed E-state index contributed by atoms with van der Waals surface area (Å²) in [5.41, 5.74) is 0.670. The largest absolute Gasteiger partial charge is 0.387 e. The highest BCUT2D eigenvalue weighted by atomic mass is 19.1. The first-order valence-electron chi connectivity index (χ1n) is 8.88. The Balaban J connectivity index is 1.49. The monoisotopic (exact) mass is 321 g/mol. The Morgan fingerprint density at radius 3 is 2.70 bits per heavy atom. The summed E-state index contributed by atoms with van der Waals surface area (Å²) in [5, 5.41) is 14.1. The van der Waals surface area contributed by atoms with Crippen molar-refractivity contribution in [2.24, 2.45) is 5.92 Å². The van der Waals surface area contributed by atoms with Crippen molar-refractivity contribution < 1.29 is 14.2 Å². The van der Waals surface area contributed by atoms with Crippen LogP contribution in [0, 0.1) is 11.7 Å². The van der Waals surface area contributed by atoms with Crippen LogP contribution in [0.3, 0.4) is 0 Å². The van der Waals surface area contributed by atoms with E-state index in [-0.39, 0.29) is 11.9 Å². The standard InChI is InChI=1S/C19H28FNO2/c1-23-17-8-5-13(6-9-17)11-16-7-10-18(21-16)19(22)14-3-2-4-15(20)12-14/h2-4,12-13,16-19,21-22H,5-11H2,1H3/t13?,16-,17?,18-,19-/m1/s1. The van der Waals surface area contributed by atoms with Gasteiger partial charge in [-0.05, 0) is 68.6 Å². The number of hydrogen-bond acceptors (Lipinski definition) is 3. The molecule has 1 aromatic carbocycles. The lowest BCUT2D eigenvalue weighted by Crippen LogP contribution is -2.35. The van der Waals surface area contributed by atoms with Gasteiger partial charge in [0.15, 0.2) is 0 Å². The molecular weight excluding hydrogens is 293 g/mol. The van der Waals surface area contributed by atoms with Crippen LogP contribution in [0.15, 0.2) is 24.3 Å². The zero-order valence-electron chi connectivity index (χ0n) is 13.9. The summed E-state index contributed by atoms with van der Waals surface area (Å²) < 4.78 is 18.8. The molecule has 1 heterocycles. The van der Waals surface area contributed by atoms with Crippen molar-refractivity contribution in [3.05, 3.63) is 35.6 Å². The van der Waals surface area contributed by atoms with Gasteiger partial charge in [0.05, 0.1) is 12.2 Å². The molecule has 23 heavy (non-hydrogen) atoms. The molecular formula is C19H28FNO2. The molecule has 3 atom stereocenters. The maximum atomic E-state index is 13.3. The van der Waals surface area contributed by atoms with Gasteiger partial charge in [0.1, 0.15) is 5.82 Å². The molecule has 0 unspecified atom stereocenters. The lowest BCUT2D eigenvalue weighted by Gasteiger charge is -2.29. The van der Waals surface area contributed by atoms with Crippen molar-refractivity contribution in [1.82, 2.24) is 5.32 Å². The maximum Gasteiger partial charge on any atom is 0.123 e. The molecule has 0 bridgehead atoms. The first kappa shape index (κ1) is 16.9. The summed E-state index contributed by atoms with van der Waals surface area (Å²) in [6.07, 6.45) is 7.89. The lowest BCUT2D eigenvalue weighted by molar-refractivity contribution is 0.0538. The molecule has 1 aromatic rings. The average molecular weight is 321 g/mol. The van der Waals surface area contributed by atoms with Crippen LogP contribution in [0.4, 0.5) is 4.39 Å². The van der Waals surface area contributed by atoms with Crippen molar-refractivity contribution >= 4 is 0 Å². The first-order valence-corrected chi connectivity index (χ1v) is 8.88. The normalized spacial score (nSPS) is 32.8. The van der Waals surface area contributed by atoms with Crippen LogP contribution in [-0.4, -0.2) is 30.4 Å². The molecule has 0 spiro atoms. The van der Waals surface area contributed by atoms with E-state index in [1.54, 1.807) is 12.1 Å². The highest BCUT2D eigenvalue weighted by molar-refractivity contribution is 5.20. The Kier molecular flexibility index (Phi) is 5.67. The summed E-state index contributed by atoms with van der Waals surface area (Å²) in [5.74, 6) is 0.481. The van der Waals surface area contributed by atoms with E-state index in [1.165, 1.54) is 44.2 Å². The van der Waals surface area contributed by atoms with Gasteiger partial charge < -0.3 is 15.2 Å². The second kappa shape index (κ2) is 7.73. The number of hydrogen-bond donors (Lipinski definition) is 2. The number of ether oxygens (including phenoxy) is 1. The third-order valence-electron chi connectivity index (χ3n) is 5.59. The molecule has 0 amide bonds. The quantitative estimate of drug-likeness (QED) is 0.871. The molecule has 1 aliphatic heterocycles. The molecule has 0 aromatic heterocycles. The topological polar surface area (TPSA) is 41.5 Å². The Bertz CT molecular complexity index is 502. The van der Waals surface area contributed by atoms with E-state index in [4.69, 9.17) is 4.74 Å². The molecule has 1 aliphatic carbocycles. The lowest BCUT2D eigenvalue weighted by atomic mass is 9.83. The Labute approximate surface area is 138 Å². The Hall–Kier alpha value is -0.970. The van der Waals surface area contributed by atoms with Gasteiger partial charge in [-0.2, -0.15) is 0 Å². The summed E-state index contributed by atoms with van der Waals surface area (Å²) in [7, 11) is 1.81. The third-order valence-corrected chi connectivity index (χ3v) is 5.59. The maximum absolute atomic E-state index is 13.3. The van der Waals surface area contributed by atoms with Crippen LogP contribution in [-0.2, 0) is 4.74 Å². The van der Waals surface area contributed by atoms with Crippen LogP contribution in [0.5, 0.6) is 0 Å². The smallest absolute Gasteiger partial charge is 0.123 e. The third kappa shape index (κ3) is 4.31. The minimum absolute atomic E-state index is 0.0390. The fraction of sp³-hybridized carbons (Fsp3) is 0.684. The average Bonchev–Trinajstić information content (AvgIpc) is 3.03. The van der Waals surface area contributed by atoms with E-state index in [0.29, 0.717) is 17.7 Å². The van der Waals surface area contributed by atoms with Crippen LogP contribution in [0.1, 0.15) is 56.6 Å². The van der Waals surface area contributed by atoms with Crippen molar-refractivity contribution in [3.63, 3.8) is 0 Å². The summed E-state index contributed by atoms with van der Waals surface area (Å²) >= 11 is 0. The fourth-order valence-electron chi connectivity index (χ4n) is 4.21. The SMILES string of the molecule is COC1CCC(C[C@H]2CC[C@H]([C@H](O)c3cccc(F)c3)N2)CC1. The van der Waals surface area contributed by atoms with Crippen molar-refractivity contribution in [2.75, 3.05) is 7.11 Å². The number of rotatable bonds is 5. The fourth-order valence-corrected chi connectivity index (χ4v) is 4.21. The summed E-state index contributed by atoms with van der Waals surface area (Å²) in [6.45, 7) is 0. The van der Waals surface area contributed by atoms with E-state index in [2.05, 4.69) is 5.32 Å². The van der Waals surface area contributed by atoms with E-state index >= 15 is 0 Å². The van der Waals surface area contributed by atoms with E-state index in [0.717, 1.165) is 18.8 Å². The molecule has 128 valence electrons. The van der Waals surface area contributed by atoms with Crippen molar-refractivity contribution in [1.29, 1.82) is 0 Å². The van der Waals surface area contributed by atoms with Crippen LogP contribution in [0.2, 0.25) is 0 Å². The highest BCUT2D eigenvalue weighted by Gasteiger charge is 2.32. The van der Waals surface area contributed by atoms with Crippen molar-refractivity contribution in [2.45, 2.75) is 69.2 Å². The second-order valence-corrected chi connectivity index (χ2v) is 7.16. The van der Waals surface area contributed by atoms with Crippen LogP contribution >= 0.6 is 0 Å². The molecule has 2 N–H and O–H groups in total. The minimum Gasteiger partial charge on any atom is -0.387 e. The molecule has 2 aliphatic rings. The number of nitrogens with one attached hydrogen (secondary N) is 1. The number of aliphatic hydroxyl groups excluding tert-OH is 1. The van der Waals surface area contributed by atoms with Crippen LogP contribution in [0.25, 0.3) is 0 Å². The molecule has 1 saturated heterocycles. The van der Waals surface area contributed by atoms with Gasteiger partial charge in [-0.3, -0.25) is 0 Å². The van der Waals surface area contributed by atoms with Crippen LogP contribution < -0.4 is 5.32 Å². The van der Waals surface area contributed by atoms with Gasteiger partial charge in [-0.25, -0.2) is 4.39 Å². The van der Waals surface area contributed by atoms with E-state index < -0.39 is 6.10 Å². The summed E-state index contributed by atoms with van der Waals surface area (Å²) in [6, 6.07) is 6.83. The van der Waals surface area contributed by atoms with Gasteiger partial charge in [-0.15, -0.1) is 0 Å². The first-order chi connectivity index (χ1) is 11.2. The summed E-state index contributed by atoms with van der Waals surface area (Å²) in [4.78, 5) is 0. The minimum atomic E-state index is -0.625. The Morgan fingerprint density at radius 2 is 2.00 bits per heavy atom. The van der Waals surface area contributed by atoms with Gasteiger partial charge >= 0.3 is 0 Å². The van der Waals surface area contributed by atoms with Gasteiger partial charge in [-0.1, -0.05) is 12.1 Å². The predicted octanol–water partition coefficient (Wildman–Crippen LogP) is 3.58. The zero-order chi connectivity index (χ0) is 16.2. The zero-order valence-corrected chi connectivity index (χ0v) is 13.9. The molecule has 4 heteroatoms. The van der Waals surface area contributed by atoms with Crippen molar-refractivity contribution in [3.8, 4) is 0 Å². The van der Waals surface area contributed by atoms with E-state index in [9.17, 15) is 9.50 Å². The number of halogens is 1. The predicted molar refractivity (Wildman–Crippen MR) is 88.7 cm³/mol. The van der Waals surface area contributed by atoms with Gasteiger partial charge in [0.25, 0.3) is 0 Å². The Morgan fingerprint density at radius 1 is 1.22 bits per heavy atom. The second-order valence-electron chi connectivity index (χ2n) is 7.16. The number of aliphatic hydroxyl groups is 1. The molecule has 2 fully saturated rings. The van der Waals surface area contributed by atoms with Gasteiger partial charge in [0.2, 0.25) is 0 Å². The van der Waals surface area contributed by atoms with E-state index in [1.807, 2.05) is 7.11 Å². The number of methoxy groups -OCH3 is 1.